The molecule has 0 aromatic rings. The molecule has 53 heavy (non-hydrogen) atoms. The molecule has 0 unspecified atom stereocenters. The monoisotopic (exact) mass is 1640 g/mol. The molecule has 0 N–H and O–H groups in total. The predicted octanol–water partition coefficient (Wildman–Crippen LogP) is 45.4. The molecular weight excluding hydrogens is 1640 g/mol. The average molecular weight is 1640 g/mol. The fourth-order valence-electron chi connectivity index (χ4n) is 0.879. The van der Waals surface area contributed by atoms with E-state index in [1.807, 2.05) is 0 Å². The Balaban J connectivity index is 4.07. The summed E-state index contributed by atoms with van der Waals surface area (Å²) >= 11 is 0. The van der Waals surface area contributed by atoms with E-state index < -0.39 is 0 Å². The van der Waals surface area contributed by atoms with Crippen LogP contribution in [0, 0.1) is 0 Å². The van der Waals surface area contributed by atoms with Gasteiger partial charge in [0.25, 0.3) is 0 Å². The summed E-state index contributed by atoms with van der Waals surface area (Å²) in [6, 6.07) is 0. The van der Waals surface area contributed by atoms with Gasteiger partial charge in [-0.05, 0) is 60.4 Å². The Morgan fingerprint density at radius 2 is 0.245 bits per heavy atom. The Morgan fingerprint density at radius 3 is 0.340 bits per heavy atom. The molecule has 266 valence electrons. The second-order valence-corrected chi connectivity index (χ2v) is 123. The fourth-order valence-corrected chi connectivity index (χ4v) is 214. The van der Waals surface area contributed by atoms with E-state index in [-0.39, 0.29) is 0 Å². The van der Waals surface area contributed by atoms with E-state index in [1.54, 1.807) is 340 Å². The molecule has 0 aromatic heterocycles. The summed E-state index contributed by atoms with van der Waals surface area (Å²) in [7, 11) is 87.0. The maximum absolute atomic E-state index is 4.23. The SMILES string of the molecule is P#P=P\P=P/P=P\P=P/P=P\P=P/P=P\P=P/P=P\P=P/P=P\P=P/P=P\P=P/P=P\P=P/P=P\P=P/P=P\P=P/P=P\P=P/P=P\P=P/P=P\P=P. The van der Waals surface area contributed by atoms with Crippen LogP contribution in [0.3, 0.4) is 0 Å². The molecule has 0 spiro atoms. The van der Waals surface area contributed by atoms with Gasteiger partial charge >= 0.3 is 106 Å². The van der Waals surface area contributed by atoms with Gasteiger partial charge in [-0.15, -0.1) is 0 Å². The Hall–Kier alpha value is 16.2. The molecule has 0 saturated carbocycles. The first-order chi connectivity index (χ1) is 26.4. The van der Waals surface area contributed by atoms with Gasteiger partial charge in [-0.1, -0.05) is 8.53 Å². The molecule has 0 radical (unpaired) electrons. The molecule has 0 fully saturated rings. The molecular formula is HP53. The second-order valence-electron chi connectivity index (χ2n) is 4.57. The van der Waals surface area contributed by atoms with Gasteiger partial charge in [0.1, 0.15) is 0 Å². The normalized spacial score (nSPS) is 15.3. The molecule has 0 heterocycles. The smallest absolute Gasteiger partial charge is 0.0835 e. The van der Waals surface area contributed by atoms with Crippen molar-refractivity contribution in [1.82, 2.24) is 0 Å². The molecule has 0 amide bonds. The van der Waals surface area contributed by atoms with Gasteiger partial charge < -0.3 is 0 Å². The van der Waals surface area contributed by atoms with E-state index in [0.717, 1.165) is 0 Å². The quantitative estimate of drug-likeness (QED) is 0.0799. The Morgan fingerprint density at radius 1 is 0.151 bits per heavy atom. The van der Waals surface area contributed by atoms with Crippen molar-refractivity contribution >= 4 is 402 Å². The van der Waals surface area contributed by atoms with Gasteiger partial charge in [0.15, 0.2) is 0 Å². The third-order valence-electron chi connectivity index (χ3n) is 2.00. The van der Waals surface area contributed by atoms with Crippen LogP contribution >= 0.6 is 402 Å². The van der Waals surface area contributed by atoms with Crippen LogP contribution in [0.15, 0.2) is 0 Å². The first-order valence-electron chi connectivity index (χ1n) is 10.4. The molecule has 0 aliphatic carbocycles. The maximum atomic E-state index is 4.23. The van der Waals surface area contributed by atoms with Crippen molar-refractivity contribution in [3.63, 3.8) is 0 Å². The van der Waals surface area contributed by atoms with E-state index in [1.165, 1.54) is 44.8 Å². The summed E-state index contributed by atoms with van der Waals surface area (Å²) in [6.07, 6.45) is 0. The van der Waals surface area contributed by atoms with E-state index in [4.69, 9.17) is 0 Å². The molecule has 0 atom stereocenters. The number of hydrogen-bond donors (Lipinski definition) is 0. The van der Waals surface area contributed by atoms with Crippen molar-refractivity contribution in [3.05, 3.63) is 0 Å². The summed E-state index contributed by atoms with van der Waals surface area (Å²) < 4.78 is 0. The molecule has 0 saturated heterocycles. The minimum absolute atomic E-state index is 1.21. The molecule has 0 aliphatic rings. The van der Waals surface area contributed by atoms with Crippen LogP contribution < -0.4 is 0 Å². The van der Waals surface area contributed by atoms with Crippen LogP contribution in [0.4, 0.5) is 0 Å². The van der Waals surface area contributed by atoms with E-state index in [9.17, 15) is 0 Å². The molecule has 0 bridgehead atoms. The zero-order valence-corrected chi connectivity index (χ0v) is 71.3. The van der Waals surface area contributed by atoms with Crippen LogP contribution in [-0.4, -0.2) is 0 Å². The van der Waals surface area contributed by atoms with Crippen LogP contribution in [0.2, 0.25) is 0 Å². The van der Waals surface area contributed by atoms with Gasteiger partial charge in [-0.2, -0.15) is 0 Å². The van der Waals surface area contributed by atoms with Crippen molar-refractivity contribution in [3.8, 4) is 0 Å². The minimum Gasteiger partial charge on any atom is -0.0835 e. The standard InChI is InChI=1S/HP53/c1-3-5-7-9-11-13-15-17-19-21-23-25-27-29-31-33-35-37-39-41-43-45-47-49-51-53-52-50-48-46-44-42-40-38-36-34-32-30-28-26-24-22-20-18-16-14-12-10-8-6-4-2/h1H. The zero-order chi connectivity index (χ0) is 38.1. The minimum atomic E-state index is 1.21. The molecule has 53 heteroatoms. The van der Waals surface area contributed by atoms with Gasteiger partial charge in [0, 0.05) is 227 Å². The van der Waals surface area contributed by atoms with Crippen molar-refractivity contribution in [2.24, 2.45) is 0 Å². The molecule has 0 rings (SSSR count). The van der Waals surface area contributed by atoms with Gasteiger partial charge in [-0.25, -0.2) is 0 Å². The van der Waals surface area contributed by atoms with E-state index in [0.29, 0.717) is 0 Å². The van der Waals surface area contributed by atoms with Gasteiger partial charge in [-0.3, -0.25) is 0 Å². The van der Waals surface area contributed by atoms with E-state index in [2.05, 4.69) is 16.9 Å². The molecule has 0 aromatic carbocycles. The molecule has 0 nitrogen and oxygen atoms in total. The second kappa shape index (κ2) is 68.2. The Bertz CT molecular complexity index is 1790. The first kappa shape index (κ1) is 69.2. The third kappa shape index (κ3) is 68.2. The third-order valence-corrected chi connectivity index (χ3v) is 162. The topological polar surface area (TPSA) is 0 Å². The Labute approximate surface area is 395 Å². The summed E-state index contributed by atoms with van der Waals surface area (Å²) in [5.41, 5.74) is 0. The average Bonchev–Trinajstić information content (AvgIpc) is 3.17. The summed E-state index contributed by atoms with van der Waals surface area (Å²) in [5.74, 6) is 0. The van der Waals surface area contributed by atoms with Crippen LogP contribution in [0.25, 0.3) is 0 Å². The summed E-state index contributed by atoms with van der Waals surface area (Å²) in [6.45, 7) is 1.21. The Kier molecular flexibility index (Phi) is 88.9. The van der Waals surface area contributed by atoms with Crippen molar-refractivity contribution in [1.29, 1.82) is 0 Å². The van der Waals surface area contributed by atoms with E-state index >= 15 is 0 Å². The van der Waals surface area contributed by atoms with Gasteiger partial charge in [0.05, 0.1) is 0 Å². The summed E-state index contributed by atoms with van der Waals surface area (Å²) in [5, 5.41) is 0. The summed E-state index contributed by atoms with van der Waals surface area (Å²) in [4.78, 5) is 0. The van der Waals surface area contributed by atoms with Crippen molar-refractivity contribution in [2.75, 3.05) is 0 Å². The van der Waals surface area contributed by atoms with Crippen LogP contribution in [0.5, 0.6) is 0 Å². The molecule has 0 aliphatic heterocycles. The van der Waals surface area contributed by atoms with Crippen LogP contribution in [0.1, 0.15) is 0 Å². The number of rotatable bonds is 25. The van der Waals surface area contributed by atoms with Crippen molar-refractivity contribution in [2.45, 2.75) is 0 Å². The number of hydrogen-bond acceptors (Lipinski definition) is 0. The zero-order valence-electron chi connectivity index (χ0n) is 23.8. The van der Waals surface area contributed by atoms with Gasteiger partial charge in [0.2, 0.25) is 0 Å². The predicted molar refractivity (Wildman–Crippen MR) is 368 cm³/mol. The van der Waals surface area contributed by atoms with Crippen LogP contribution in [-0.2, 0) is 0 Å². The van der Waals surface area contributed by atoms with Crippen molar-refractivity contribution < 1.29 is 0 Å². The fraction of sp³-hybridized carbons (Fsp3) is 0. The first-order valence-corrected chi connectivity index (χ1v) is 93.8.